The third-order valence-corrected chi connectivity index (χ3v) is 3.24. The number of halogens is 1. The number of methoxy groups -OCH3 is 1. The summed E-state index contributed by atoms with van der Waals surface area (Å²) in [6.45, 7) is 0.849. The molecule has 0 bridgehead atoms. The molecule has 0 aliphatic carbocycles. The van der Waals surface area contributed by atoms with Crippen LogP contribution < -0.4 is 10.1 Å². The van der Waals surface area contributed by atoms with Gasteiger partial charge in [0.25, 0.3) is 0 Å². The molecule has 18 heavy (non-hydrogen) atoms. The predicted molar refractivity (Wildman–Crippen MR) is 77.1 cm³/mol. The normalized spacial score (nSPS) is 10.1. The number of anilines is 1. The van der Waals surface area contributed by atoms with Gasteiger partial charge in [0, 0.05) is 36.6 Å². The topological polar surface area (TPSA) is 34.1 Å². The molecule has 0 fully saturated rings. The summed E-state index contributed by atoms with van der Waals surface area (Å²) in [5.74, 6) is 0.831. The molecule has 0 radical (unpaired) electrons. The fourth-order valence-electron chi connectivity index (χ4n) is 1.65. The van der Waals surface area contributed by atoms with E-state index in [1.807, 2.05) is 42.6 Å². The molecule has 2 rings (SSSR count). The van der Waals surface area contributed by atoms with Gasteiger partial charge in [-0.25, -0.2) is 0 Å². The highest BCUT2D eigenvalue weighted by Gasteiger charge is 2.01. The van der Waals surface area contributed by atoms with Crippen LogP contribution in [0.15, 0.2) is 47.1 Å². The van der Waals surface area contributed by atoms with Crippen molar-refractivity contribution in [2.24, 2.45) is 0 Å². The highest BCUT2D eigenvalue weighted by atomic mass is 79.9. The zero-order valence-corrected chi connectivity index (χ0v) is 11.8. The van der Waals surface area contributed by atoms with Gasteiger partial charge in [-0.15, -0.1) is 0 Å². The SMILES string of the molecule is COc1cc(NCCc2ccccn2)ccc1Br. The monoisotopic (exact) mass is 306 g/mol. The Bertz CT molecular complexity index is 502. The largest absolute Gasteiger partial charge is 0.495 e. The van der Waals surface area contributed by atoms with Gasteiger partial charge in [0.15, 0.2) is 0 Å². The van der Waals surface area contributed by atoms with E-state index in [1.54, 1.807) is 7.11 Å². The summed E-state index contributed by atoms with van der Waals surface area (Å²) < 4.78 is 6.21. The van der Waals surface area contributed by atoms with Crippen LogP contribution in [-0.2, 0) is 6.42 Å². The molecule has 4 heteroatoms. The van der Waals surface area contributed by atoms with Gasteiger partial charge >= 0.3 is 0 Å². The highest BCUT2D eigenvalue weighted by molar-refractivity contribution is 9.10. The maximum absolute atomic E-state index is 5.25. The Balaban J connectivity index is 1.91. The number of nitrogens with one attached hydrogen (secondary N) is 1. The molecule has 1 N–H and O–H groups in total. The number of aromatic nitrogens is 1. The first-order valence-electron chi connectivity index (χ1n) is 5.77. The van der Waals surface area contributed by atoms with Crippen molar-refractivity contribution in [1.29, 1.82) is 0 Å². The lowest BCUT2D eigenvalue weighted by atomic mass is 10.2. The van der Waals surface area contributed by atoms with Crippen LogP contribution in [0, 0.1) is 0 Å². The molecule has 1 aromatic carbocycles. The molecule has 0 aliphatic heterocycles. The fourth-order valence-corrected chi connectivity index (χ4v) is 2.06. The third-order valence-electron chi connectivity index (χ3n) is 2.59. The van der Waals surface area contributed by atoms with Gasteiger partial charge in [-0.3, -0.25) is 4.98 Å². The second kappa shape index (κ2) is 6.40. The summed E-state index contributed by atoms with van der Waals surface area (Å²) in [7, 11) is 1.66. The predicted octanol–water partition coefficient (Wildman–Crippen LogP) is 3.51. The van der Waals surface area contributed by atoms with Crippen LogP contribution in [0.2, 0.25) is 0 Å². The van der Waals surface area contributed by atoms with Crippen LogP contribution in [0.4, 0.5) is 5.69 Å². The molecule has 3 nitrogen and oxygen atoms in total. The van der Waals surface area contributed by atoms with Gasteiger partial charge in [0.1, 0.15) is 5.75 Å². The van der Waals surface area contributed by atoms with Crippen LogP contribution in [-0.4, -0.2) is 18.6 Å². The van der Waals surface area contributed by atoms with Crippen molar-refractivity contribution in [3.63, 3.8) is 0 Å². The number of ether oxygens (including phenoxy) is 1. The minimum absolute atomic E-state index is 0.831. The second-order valence-corrected chi connectivity index (χ2v) is 4.70. The van der Waals surface area contributed by atoms with Gasteiger partial charge in [-0.1, -0.05) is 6.07 Å². The van der Waals surface area contributed by atoms with Crippen molar-refractivity contribution in [1.82, 2.24) is 4.98 Å². The first kappa shape index (κ1) is 12.9. The van der Waals surface area contributed by atoms with Gasteiger partial charge in [0.2, 0.25) is 0 Å². The quantitative estimate of drug-likeness (QED) is 0.918. The molecule has 94 valence electrons. The average molecular weight is 307 g/mol. The van der Waals surface area contributed by atoms with Crippen molar-refractivity contribution in [3.8, 4) is 5.75 Å². The maximum Gasteiger partial charge on any atom is 0.135 e. The van der Waals surface area contributed by atoms with Crippen molar-refractivity contribution >= 4 is 21.6 Å². The number of hydrogen-bond acceptors (Lipinski definition) is 3. The van der Waals surface area contributed by atoms with Crippen molar-refractivity contribution < 1.29 is 4.74 Å². The maximum atomic E-state index is 5.25. The molecule has 0 amide bonds. The van der Waals surface area contributed by atoms with Crippen molar-refractivity contribution in [2.45, 2.75) is 6.42 Å². The van der Waals surface area contributed by atoms with Crippen LogP contribution in [0.25, 0.3) is 0 Å². The molecule has 0 atom stereocenters. The second-order valence-electron chi connectivity index (χ2n) is 3.85. The van der Waals surface area contributed by atoms with E-state index in [4.69, 9.17) is 4.74 Å². The summed E-state index contributed by atoms with van der Waals surface area (Å²) in [5.41, 5.74) is 2.14. The van der Waals surface area contributed by atoms with Gasteiger partial charge < -0.3 is 10.1 Å². The third kappa shape index (κ3) is 3.47. The number of hydrogen-bond donors (Lipinski definition) is 1. The zero-order valence-electron chi connectivity index (χ0n) is 10.2. The van der Waals surface area contributed by atoms with Crippen LogP contribution >= 0.6 is 15.9 Å². The fraction of sp³-hybridized carbons (Fsp3) is 0.214. The molecule has 0 aliphatic rings. The van der Waals surface area contributed by atoms with Crippen molar-refractivity contribution in [3.05, 3.63) is 52.8 Å². The Hall–Kier alpha value is -1.55. The van der Waals surface area contributed by atoms with Gasteiger partial charge in [-0.05, 0) is 40.2 Å². The first-order valence-corrected chi connectivity index (χ1v) is 6.56. The highest BCUT2D eigenvalue weighted by Crippen LogP contribution is 2.27. The number of rotatable bonds is 5. The van der Waals surface area contributed by atoms with Gasteiger partial charge in [0.05, 0.1) is 11.6 Å². The lowest BCUT2D eigenvalue weighted by Gasteiger charge is -2.09. The van der Waals surface area contributed by atoms with Crippen molar-refractivity contribution in [2.75, 3.05) is 19.0 Å². The summed E-state index contributed by atoms with van der Waals surface area (Å²) in [6, 6.07) is 11.9. The zero-order chi connectivity index (χ0) is 12.8. The van der Waals surface area contributed by atoms with Crippen LogP contribution in [0.1, 0.15) is 5.69 Å². The van der Waals surface area contributed by atoms with Crippen LogP contribution in [0.3, 0.4) is 0 Å². The van der Waals surface area contributed by atoms with E-state index in [0.29, 0.717) is 0 Å². The minimum Gasteiger partial charge on any atom is -0.495 e. The van der Waals surface area contributed by atoms with E-state index in [9.17, 15) is 0 Å². The van der Waals surface area contributed by atoms with E-state index < -0.39 is 0 Å². The summed E-state index contributed by atoms with van der Waals surface area (Å²) in [4.78, 5) is 4.29. The van der Waals surface area contributed by atoms with Crippen LogP contribution in [0.5, 0.6) is 5.75 Å². The number of pyridine rings is 1. The molecule has 1 aromatic heterocycles. The Kier molecular flexibility index (Phi) is 4.59. The van der Waals surface area contributed by atoms with E-state index >= 15 is 0 Å². The average Bonchev–Trinajstić information content (AvgIpc) is 2.42. The molecular formula is C14H15BrN2O. The Morgan fingerprint density at radius 3 is 2.89 bits per heavy atom. The Morgan fingerprint density at radius 2 is 2.17 bits per heavy atom. The standard InChI is InChI=1S/C14H15BrN2O/c1-18-14-10-12(5-6-13(14)15)17-9-7-11-4-2-3-8-16-11/h2-6,8,10,17H,7,9H2,1H3. The first-order chi connectivity index (χ1) is 8.79. The molecule has 2 aromatic rings. The lowest BCUT2D eigenvalue weighted by molar-refractivity contribution is 0.412. The molecule has 1 heterocycles. The summed E-state index contributed by atoms with van der Waals surface area (Å²) >= 11 is 3.43. The summed E-state index contributed by atoms with van der Waals surface area (Å²) in [5, 5.41) is 3.35. The molecular weight excluding hydrogens is 292 g/mol. The van der Waals surface area contributed by atoms with E-state index in [2.05, 4.69) is 26.2 Å². The Morgan fingerprint density at radius 1 is 1.28 bits per heavy atom. The van der Waals surface area contributed by atoms with E-state index in [0.717, 1.165) is 34.6 Å². The summed E-state index contributed by atoms with van der Waals surface area (Å²) in [6.07, 6.45) is 2.72. The Labute approximate surface area is 115 Å². The number of benzene rings is 1. The van der Waals surface area contributed by atoms with Gasteiger partial charge in [-0.2, -0.15) is 0 Å². The molecule has 0 unspecified atom stereocenters. The molecule has 0 saturated carbocycles. The van der Waals surface area contributed by atoms with E-state index in [-0.39, 0.29) is 0 Å². The minimum atomic E-state index is 0.831. The smallest absolute Gasteiger partial charge is 0.135 e. The lowest BCUT2D eigenvalue weighted by Crippen LogP contribution is -2.05. The molecule has 0 spiro atoms. The van der Waals surface area contributed by atoms with E-state index in [1.165, 1.54) is 0 Å². The number of nitrogens with zero attached hydrogens (tertiary/aromatic N) is 1. The molecule has 0 saturated heterocycles.